The first-order valence-corrected chi connectivity index (χ1v) is 19.8. The van der Waals surface area contributed by atoms with E-state index in [1.807, 2.05) is 12.1 Å². The zero-order valence-electron chi connectivity index (χ0n) is 31.3. The second kappa shape index (κ2) is 11.8. The molecule has 1 aliphatic heterocycles. The minimum atomic E-state index is 0.874. The van der Waals surface area contributed by atoms with Gasteiger partial charge in [-0.25, -0.2) is 0 Å². The molecule has 0 saturated heterocycles. The van der Waals surface area contributed by atoms with Gasteiger partial charge in [-0.1, -0.05) is 121 Å². The number of hydrogen-bond donors (Lipinski definition) is 0. The van der Waals surface area contributed by atoms with Crippen LogP contribution >= 0.6 is 0 Å². The number of benzene rings is 9. The third kappa shape index (κ3) is 4.40. The first-order chi connectivity index (χ1) is 28.8. The van der Waals surface area contributed by atoms with Crippen LogP contribution in [0.3, 0.4) is 0 Å². The Morgan fingerprint density at radius 2 is 0.810 bits per heavy atom. The van der Waals surface area contributed by atoms with Crippen molar-refractivity contribution in [3.8, 4) is 50.8 Å². The van der Waals surface area contributed by atoms with E-state index < -0.39 is 0 Å². The minimum Gasteiger partial charge on any atom is -0.453 e. The van der Waals surface area contributed by atoms with E-state index in [0.717, 1.165) is 34.1 Å². The van der Waals surface area contributed by atoms with Crippen molar-refractivity contribution in [1.29, 1.82) is 0 Å². The number of fused-ring (bicyclic) bond motifs is 11. The van der Waals surface area contributed by atoms with Crippen molar-refractivity contribution in [2.45, 2.75) is 0 Å². The summed E-state index contributed by atoms with van der Waals surface area (Å²) in [4.78, 5) is 0. The van der Waals surface area contributed by atoms with Crippen molar-refractivity contribution in [2.75, 3.05) is 0 Å². The summed E-state index contributed by atoms with van der Waals surface area (Å²) in [6.45, 7) is 0. The van der Waals surface area contributed by atoms with Gasteiger partial charge in [0.15, 0.2) is 11.5 Å². The molecule has 270 valence electrons. The molecule has 0 unspecified atom stereocenters. The van der Waals surface area contributed by atoms with Crippen LogP contribution in [0.5, 0.6) is 11.5 Å². The fourth-order valence-corrected chi connectivity index (χ4v) is 9.64. The molecule has 4 heteroatoms. The maximum absolute atomic E-state index is 6.37. The van der Waals surface area contributed by atoms with Crippen LogP contribution < -0.4 is 4.74 Å². The molecule has 9 aromatic carbocycles. The van der Waals surface area contributed by atoms with Gasteiger partial charge in [-0.05, 0) is 101 Å². The Morgan fingerprint density at radius 3 is 1.62 bits per heavy atom. The first kappa shape index (κ1) is 31.4. The third-order valence-electron chi connectivity index (χ3n) is 12.2. The van der Waals surface area contributed by atoms with Gasteiger partial charge in [0, 0.05) is 43.7 Å². The van der Waals surface area contributed by atoms with Crippen molar-refractivity contribution in [3.05, 3.63) is 200 Å². The number of nitrogens with zero attached hydrogens (tertiary/aromatic N) is 3. The Balaban J connectivity index is 0.983. The van der Waals surface area contributed by atoms with Crippen LogP contribution in [0.2, 0.25) is 0 Å². The summed E-state index contributed by atoms with van der Waals surface area (Å²) in [5, 5.41) is 7.40. The van der Waals surface area contributed by atoms with Crippen LogP contribution in [0.15, 0.2) is 200 Å². The van der Waals surface area contributed by atoms with E-state index in [0.29, 0.717) is 0 Å². The fourth-order valence-electron chi connectivity index (χ4n) is 9.64. The van der Waals surface area contributed by atoms with Crippen LogP contribution in [0.4, 0.5) is 0 Å². The summed E-state index contributed by atoms with van der Waals surface area (Å²) < 4.78 is 13.6. The maximum Gasteiger partial charge on any atom is 0.152 e. The van der Waals surface area contributed by atoms with E-state index in [4.69, 9.17) is 4.74 Å². The molecule has 13 rings (SSSR count). The fraction of sp³-hybridized carbons (Fsp3) is 0. The minimum absolute atomic E-state index is 0.874. The van der Waals surface area contributed by atoms with E-state index >= 15 is 0 Å². The van der Waals surface area contributed by atoms with Gasteiger partial charge >= 0.3 is 0 Å². The van der Waals surface area contributed by atoms with Gasteiger partial charge < -0.3 is 18.4 Å². The Morgan fingerprint density at radius 1 is 0.276 bits per heavy atom. The van der Waals surface area contributed by atoms with E-state index in [-0.39, 0.29) is 0 Å². The molecule has 0 radical (unpaired) electrons. The quantitative estimate of drug-likeness (QED) is 0.176. The number of para-hydroxylation sites is 5. The van der Waals surface area contributed by atoms with Gasteiger partial charge in [0.25, 0.3) is 0 Å². The number of aromatic nitrogens is 3. The van der Waals surface area contributed by atoms with Crippen LogP contribution in [0.1, 0.15) is 0 Å². The highest BCUT2D eigenvalue weighted by molar-refractivity contribution is 6.14. The van der Waals surface area contributed by atoms with Crippen LogP contribution in [0.25, 0.3) is 105 Å². The summed E-state index contributed by atoms with van der Waals surface area (Å²) in [5.41, 5.74) is 15.2. The Labute approximate surface area is 333 Å². The van der Waals surface area contributed by atoms with Crippen molar-refractivity contribution in [2.24, 2.45) is 0 Å². The zero-order chi connectivity index (χ0) is 37.9. The van der Waals surface area contributed by atoms with Crippen molar-refractivity contribution in [3.63, 3.8) is 0 Å². The Kier molecular flexibility index (Phi) is 6.41. The zero-order valence-corrected chi connectivity index (χ0v) is 31.3. The summed E-state index contributed by atoms with van der Waals surface area (Å²) in [5.74, 6) is 1.77. The molecule has 0 N–H and O–H groups in total. The Hall–Kier alpha value is -7.82. The van der Waals surface area contributed by atoms with Gasteiger partial charge in [-0.2, -0.15) is 0 Å². The largest absolute Gasteiger partial charge is 0.453 e. The van der Waals surface area contributed by atoms with Crippen LogP contribution in [0, 0.1) is 0 Å². The van der Waals surface area contributed by atoms with Gasteiger partial charge in [0.05, 0.1) is 38.8 Å². The second-order valence-corrected chi connectivity index (χ2v) is 15.3. The monoisotopic (exact) mass is 739 g/mol. The van der Waals surface area contributed by atoms with E-state index in [9.17, 15) is 0 Å². The van der Waals surface area contributed by atoms with E-state index in [1.165, 1.54) is 82.2 Å². The maximum atomic E-state index is 6.37. The van der Waals surface area contributed by atoms with E-state index in [1.54, 1.807) is 0 Å². The molecule has 0 spiro atoms. The first-order valence-electron chi connectivity index (χ1n) is 19.8. The normalized spacial score (nSPS) is 12.3. The number of rotatable bonds is 4. The topological polar surface area (TPSA) is 24.0 Å². The average molecular weight is 740 g/mol. The Bertz CT molecular complexity index is 3590. The predicted octanol–water partition coefficient (Wildman–Crippen LogP) is 14.4. The average Bonchev–Trinajstić information content (AvgIpc) is 3.93. The lowest BCUT2D eigenvalue weighted by atomic mass is 10.0. The SMILES string of the molecule is c1ccc(-c2ccc3c(c2)c2cc(-n4c5ccccc5c5ccccc54)ccc2n3-c2ccc(-c3ccc4c5cccc6c5n(c4c3)-c3ccccc3O6)cc2)cc1. The predicted molar refractivity (Wildman–Crippen MR) is 240 cm³/mol. The molecule has 0 saturated carbocycles. The molecule has 0 aliphatic carbocycles. The summed E-state index contributed by atoms with van der Waals surface area (Å²) in [7, 11) is 0. The number of hydrogen-bond acceptors (Lipinski definition) is 1. The lowest BCUT2D eigenvalue weighted by Gasteiger charge is -2.20. The van der Waals surface area contributed by atoms with Gasteiger partial charge in [0.1, 0.15) is 0 Å². The lowest BCUT2D eigenvalue weighted by molar-refractivity contribution is 0.476. The molecule has 4 nitrogen and oxygen atoms in total. The summed E-state index contributed by atoms with van der Waals surface area (Å²) in [6.07, 6.45) is 0. The van der Waals surface area contributed by atoms with E-state index in [2.05, 4.69) is 202 Å². The second-order valence-electron chi connectivity index (χ2n) is 15.3. The summed E-state index contributed by atoms with van der Waals surface area (Å²) in [6, 6.07) is 72.6. The highest BCUT2D eigenvalue weighted by Gasteiger charge is 2.24. The third-order valence-corrected chi connectivity index (χ3v) is 12.2. The molecule has 12 aromatic rings. The highest BCUT2D eigenvalue weighted by Crippen LogP contribution is 2.46. The molecule has 0 fully saturated rings. The summed E-state index contributed by atoms with van der Waals surface area (Å²) >= 11 is 0. The smallest absolute Gasteiger partial charge is 0.152 e. The highest BCUT2D eigenvalue weighted by atomic mass is 16.5. The molecule has 58 heavy (non-hydrogen) atoms. The van der Waals surface area contributed by atoms with Crippen molar-refractivity contribution in [1.82, 2.24) is 13.7 Å². The van der Waals surface area contributed by atoms with Crippen molar-refractivity contribution >= 4 is 65.4 Å². The standard InChI is InChI=1S/C54H33N3O/c1-2-11-34(12-3-1)36-24-29-48-44(31-36)45-33-39(56-46-16-6-4-13-40(46)41-14-5-7-17-47(41)56)27-30-49(45)55(48)38-25-21-35(22-26-38)37-23-28-42-43-15-10-20-53-54(43)57(51(42)32-37)50-18-8-9-19-52(50)58-53/h1-33H. The molecule has 0 bridgehead atoms. The molecule has 0 amide bonds. The molecule has 4 heterocycles. The molecule has 1 aliphatic rings. The molecular formula is C54H33N3O. The lowest BCUT2D eigenvalue weighted by Crippen LogP contribution is -2.03. The van der Waals surface area contributed by atoms with Crippen LogP contribution in [-0.2, 0) is 0 Å². The molecule has 3 aromatic heterocycles. The van der Waals surface area contributed by atoms with Gasteiger partial charge in [-0.3, -0.25) is 0 Å². The van der Waals surface area contributed by atoms with Gasteiger partial charge in [0.2, 0.25) is 0 Å². The van der Waals surface area contributed by atoms with Gasteiger partial charge in [-0.15, -0.1) is 0 Å². The van der Waals surface area contributed by atoms with Crippen LogP contribution in [-0.4, -0.2) is 13.7 Å². The molecular weight excluding hydrogens is 707 g/mol. The van der Waals surface area contributed by atoms with Crippen molar-refractivity contribution < 1.29 is 4.74 Å². The number of ether oxygens (including phenoxy) is 1. The molecule has 0 atom stereocenters.